The van der Waals surface area contributed by atoms with Gasteiger partial charge >= 0.3 is 0 Å². The van der Waals surface area contributed by atoms with Crippen LogP contribution in [0.15, 0.2) is 73.3 Å². The Morgan fingerprint density at radius 2 is 0.843 bits per heavy atom. The second-order valence-corrected chi connectivity index (χ2v) is 27.5. The summed E-state index contributed by atoms with van der Waals surface area (Å²) >= 11 is 0. The summed E-state index contributed by atoms with van der Waals surface area (Å²) in [6.45, 7) is 36.4. The van der Waals surface area contributed by atoms with Crippen molar-refractivity contribution in [3.05, 3.63) is 118 Å². The highest BCUT2D eigenvalue weighted by Gasteiger charge is 2.58. The second kappa shape index (κ2) is 15.7. The minimum atomic E-state index is 0.0488. The largest absolute Gasteiger partial charge is 0.250 e. The first-order valence-electron chi connectivity index (χ1n) is 28.6. The number of aryl methyl sites for hydroxylation is 2. The Balaban J connectivity index is 1.00. The van der Waals surface area contributed by atoms with Crippen LogP contribution in [-0.2, 0) is 34.7 Å². The summed E-state index contributed by atoms with van der Waals surface area (Å²) in [5, 5.41) is 0. The smallest absolute Gasteiger partial charge is 0.225 e. The lowest BCUT2D eigenvalue weighted by molar-refractivity contribution is -0.755. The highest BCUT2D eigenvalue weighted by molar-refractivity contribution is 5.79. The van der Waals surface area contributed by atoms with E-state index in [9.17, 15) is 0 Å². The second-order valence-electron chi connectivity index (χ2n) is 27.5. The Morgan fingerprint density at radius 1 is 0.457 bits per heavy atom. The molecule has 2 aromatic heterocycles. The van der Waals surface area contributed by atoms with Crippen molar-refractivity contribution in [1.29, 1.82) is 0 Å². The number of nitrogens with zero attached hydrogens (tertiary/aromatic N) is 4. The molecule has 0 aliphatic heterocycles. The molecule has 6 unspecified atom stereocenters. The molecule has 0 amide bonds. The number of rotatable bonds is 11. The zero-order chi connectivity index (χ0) is 49.2. The molecule has 8 aliphatic carbocycles. The van der Waals surface area contributed by atoms with Gasteiger partial charge in [0.15, 0.2) is 22.1 Å². The summed E-state index contributed by atoms with van der Waals surface area (Å²) in [6.07, 6.45) is 21.3. The molecule has 370 valence electrons. The molecule has 0 saturated heterocycles. The van der Waals surface area contributed by atoms with E-state index in [1.165, 1.54) is 133 Å². The average Bonchev–Trinajstić information content (AvgIpc) is 3.95. The molecule has 2 heterocycles. The van der Waals surface area contributed by atoms with E-state index < -0.39 is 0 Å². The maximum absolute atomic E-state index is 2.70. The predicted octanol–water partition coefficient (Wildman–Crippen LogP) is 16.4. The van der Waals surface area contributed by atoms with Gasteiger partial charge in [0.1, 0.15) is 24.5 Å². The van der Waals surface area contributed by atoms with Gasteiger partial charge in [-0.3, -0.25) is 0 Å². The average molecular weight is 937 g/mol. The van der Waals surface area contributed by atoms with Gasteiger partial charge in [-0.25, -0.2) is 9.13 Å². The zero-order valence-corrected chi connectivity index (χ0v) is 46.1. The highest BCUT2D eigenvalue weighted by atomic mass is 15.2. The lowest BCUT2D eigenvalue weighted by atomic mass is 9.59. The fourth-order valence-corrected chi connectivity index (χ4v) is 16.8. The molecular weight excluding hydrogens is 849 g/mol. The van der Waals surface area contributed by atoms with Crippen LogP contribution in [0.4, 0.5) is 0 Å². The molecule has 14 rings (SSSR count). The fraction of sp³-hybridized carbons (Fsp3) is 0.606. The monoisotopic (exact) mass is 937 g/mol. The van der Waals surface area contributed by atoms with E-state index in [0.717, 1.165) is 24.9 Å². The minimum Gasteiger partial charge on any atom is -0.225 e. The molecule has 4 nitrogen and oxygen atoms in total. The Hall–Kier alpha value is -4.18. The summed E-state index contributed by atoms with van der Waals surface area (Å²) in [6, 6.07) is 25.8. The van der Waals surface area contributed by atoms with Gasteiger partial charge in [-0.05, 0) is 212 Å². The number of benzene rings is 4. The number of hydrogen-bond donors (Lipinski definition) is 0. The van der Waals surface area contributed by atoms with E-state index in [0.29, 0.717) is 23.7 Å². The first-order valence-corrected chi connectivity index (χ1v) is 28.6. The molecule has 4 heteroatoms. The van der Waals surface area contributed by atoms with E-state index in [1.54, 1.807) is 22.3 Å². The molecule has 0 spiro atoms. The third kappa shape index (κ3) is 6.25. The number of unbranched alkanes of at least 4 members (excludes halogenated alkanes) is 2. The van der Waals surface area contributed by atoms with Crippen molar-refractivity contribution in [3.8, 4) is 11.4 Å². The Kier molecular flexibility index (Phi) is 10.5. The van der Waals surface area contributed by atoms with Crippen LogP contribution in [0.2, 0.25) is 0 Å². The maximum atomic E-state index is 2.70. The van der Waals surface area contributed by atoms with Gasteiger partial charge in [-0.15, -0.1) is 0 Å². The summed E-state index contributed by atoms with van der Waals surface area (Å²) in [5.41, 5.74) is 21.5. The number of imidazole rings is 2. The van der Waals surface area contributed by atoms with Crippen molar-refractivity contribution >= 4 is 22.1 Å². The molecule has 2 fully saturated rings. The lowest BCUT2D eigenvalue weighted by Crippen LogP contribution is -2.43. The number of hydrogen-bond acceptors (Lipinski definition) is 0. The van der Waals surface area contributed by atoms with Crippen molar-refractivity contribution in [2.45, 2.75) is 232 Å². The maximum Gasteiger partial charge on any atom is 0.250 e. The molecule has 6 atom stereocenters. The van der Waals surface area contributed by atoms with Gasteiger partial charge in [-0.1, -0.05) is 135 Å². The van der Waals surface area contributed by atoms with Gasteiger partial charge in [0.25, 0.3) is 0 Å². The Bertz CT molecular complexity index is 2880. The van der Waals surface area contributed by atoms with Gasteiger partial charge in [0.2, 0.25) is 12.7 Å². The fourth-order valence-electron chi connectivity index (χ4n) is 16.8. The number of aromatic nitrogens is 4. The van der Waals surface area contributed by atoms with Crippen LogP contribution in [0.3, 0.4) is 0 Å². The molecular formula is C66H88N4+2. The van der Waals surface area contributed by atoms with Crippen molar-refractivity contribution < 1.29 is 9.13 Å². The number of fused-ring (bicyclic) bond motifs is 8. The lowest BCUT2D eigenvalue weighted by Gasteiger charge is -2.44. The van der Waals surface area contributed by atoms with E-state index >= 15 is 0 Å². The standard InChI is InChI=1S/C66H88N4/c1-15-17-19-41-31-43-21-25-47(41)51-37-57-59(35-49(43)51)69(45-23-27-53-55(33-45)63(7,8)65(11,12)61(53,3)4)39-67(57)29-30-68-40-70(46-24-28-54-56(34-46)64(9,10)66(13,14)62(54,5)6)60-36-50-44-22-26-48(52(50)38-58(60)68)42(32-44)20-18-16-2/h23-24,27-28,33-44,47-48H,15-22,25-26,29-32H2,1-14H3/q+2. The SMILES string of the molecule is CCCCC1CC2CCC1c1cc3c(cc12)n(-c1ccc2c(c1)C(C)(C)C(C)(C)C2(C)C)c[n+]3CC[n+]1cn(-c2ccc3c(c2)C(C)(C)C(C)(C)C3(C)C)c2cc3c(cc21)C1CCC3CC1CCCC. The van der Waals surface area contributed by atoms with E-state index in [1.807, 2.05) is 0 Å². The normalized spacial score (nSPS) is 27.5. The Morgan fingerprint density at radius 3 is 1.23 bits per heavy atom. The molecule has 8 aliphatic rings. The highest BCUT2D eigenvalue weighted by Crippen LogP contribution is 2.63. The van der Waals surface area contributed by atoms with E-state index in [4.69, 9.17) is 0 Å². The minimum absolute atomic E-state index is 0.0488. The van der Waals surface area contributed by atoms with Crippen LogP contribution in [0.25, 0.3) is 33.4 Å². The van der Waals surface area contributed by atoms with E-state index in [2.05, 4.69) is 189 Å². The Labute approximate surface area is 422 Å². The van der Waals surface area contributed by atoms with Gasteiger partial charge in [0, 0.05) is 0 Å². The molecule has 0 N–H and O–H groups in total. The van der Waals surface area contributed by atoms with Crippen LogP contribution in [0.5, 0.6) is 0 Å². The van der Waals surface area contributed by atoms with Crippen molar-refractivity contribution in [3.63, 3.8) is 0 Å². The van der Waals surface area contributed by atoms with Crippen molar-refractivity contribution in [2.75, 3.05) is 0 Å². The van der Waals surface area contributed by atoms with Gasteiger partial charge < -0.3 is 0 Å². The van der Waals surface area contributed by atoms with Crippen molar-refractivity contribution in [2.24, 2.45) is 22.7 Å². The zero-order valence-electron chi connectivity index (χ0n) is 46.1. The van der Waals surface area contributed by atoms with E-state index in [-0.39, 0.29) is 32.5 Å². The van der Waals surface area contributed by atoms with Crippen LogP contribution >= 0.6 is 0 Å². The quantitative estimate of drug-likeness (QED) is 0.115. The summed E-state index contributed by atoms with van der Waals surface area (Å²) in [5.74, 6) is 4.43. The topological polar surface area (TPSA) is 17.6 Å². The molecule has 4 bridgehead atoms. The predicted molar refractivity (Wildman–Crippen MR) is 291 cm³/mol. The van der Waals surface area contributed by atoms with Crippen LogP contribution in [0.1, 0.15) is 242 Å². The summed E-state index contributed by atoms with van der Waals surface area (Å²) < 4.78 is 10.5. The van der Waals surface area contributed by atoms with Crippen LogP contribution in [0, 0.1) is 22.7 Å². The summed E-state index contributed by atoms with van der Waals surface area (Å²) in [4.78, 5) is 0. The van der Waals surface area contributed by atoms with Crippen LogP contribution < -0.4 is 9.13 Å². The summed E-state index contributed by atoms with van der Waals surface area (Å²) in [7, 11) is 0. The van der Waals surface area contributed by atoms with Gasteiger partial charge in [0.05, 0.1) is 0 Å². The van der Waals surface area contributed by atoms with Gasteiger partial charge in [-0.2, -0.15) is 9.13 Å². The molecule has 6 aromatic rings. The molecule has 0 radical (unpaired) electrons. The first kappa shape index (κ1) is 46.9. The molecule has 2 saturated carbocycles. The third-order valence-corrected chi connectivity index (χ3v) is 23.6. The van der Waals surface area contributed by atoms with Crippen molar-refractivity contribution in [1.82, 2.24) is 9.13 Å². The molecule has 70 heavy (non-hydrogen) atoms. The first-order chi connectivity index (χ1) is 33.1. The molecule has 4 aromatic carbocycles. The van der Waals surface area contributed by atoms with Crippen LogP contribution in [-0.4, -0.2) is 9.13 Å². The third-order valence-electron chi connectivity index (χ3n) is 23.6.